The molecule has 0 bridgehead atoms. The second kappa shape index (κ2) is 9.38. The van der Waals surface area contributed by atoms with Gasteiger partial charge < -0.3 is 10.1 Å². The van der Waals surface area contributed by atoms with Crippen molar-refractivity contribution in [3.05, 3.63) is 59.1 Å². The number of nitrogens with zero attached hydrogens (tertiary/aromatic N) is 4. The number of carbonyl (C=O) groups excluding carboxylic acids is 1. The van der Waals surface area contributed by atoms with Crippen LogP contribution in [0.2, 0.25) is 5.02 Å². The minimum atomic E-state index is -0.0711. The van der Waals surface area contributed by atoms with E-state index in [4.69, 9.17) is 16.3 Å². The van der Waals surface area contributed by atoms with Gasteiger partial charge in [0, 0.05) is 11.6 Å². The molecule has 1 amide bonds. The Morgan fingerprint density at radius 1 is 1.19 bits per heavy atom. The topological polar surface area (TPSA) is 81.9 Å². The number of rotatable bonds is 8. The monoisotopic (exact) mass is 403 g/mol. The molecule has 9 heteroatoms. The van der Waals surface area contributed by atoms with Gasteiger partial charge in [-0.3, -0.25) is 4.79 Å². The number of benzene rings is 2. The van der Waals surface area contributed by atoms with Gasteiger partial charge in [-0.1, -0.05) is 35.5 Å². The number of thioether (sulfide) groups is 1. The molecule has 0 spiro atoms. The van der Waals surface area contributed by atoms with Crippen molar-refractivity contribution in [2.75, 3.05) is 19.4 Å². The third-order valence-electron chi connectivity index (χ3n) is 3.74. The molecule has 1 heterocycles. The van der Waals surface area contributed by atoms with Crippen molar-refractivity contribution in [3.8, 4) is 11.4 Å². The van der Waals surface area contributed by atoms with E-state index < -0.39 is 0 Å². The molecule has 0 aliphatic heterocycles. The van der Waals surface area contributed by atoms with Crippen molar-refractivity contribution in [1.29, 1.82) is 0 Å². The van der Waals surface area contributed by atoms with E-state index in [1.807, 2.05) is 48.5 Å². The summed E-state index contributed by atoms with van der Waals surface area (Å²) in [7, 11) is 1.61. The van der Waals surface area contributed by atoms with Crippen molar-refractivity contribution in [1.82, 2.24) is 25.5 Å². The molecule has 3 rings (SSSR count). The number of aromatic nitrogens is 4. The highest BCUT2D eigenvalue weighted by atomic mass is 35.5. The number of hydrogen-bond donors (Lipinski definition) is 1. The summed E-state index contributed by atoms with van der Waals surface area (Å²) in [5.74, 6) is 0.913. The Hall–Kier alpha value is -2.58. The molecule has 0 atom stereocenters. The second-order valence-corrected chi connectivity index (χ2v) is 6.97. The fourth-order valence-electron chi connectivity index (χ4n) is 2.33. The van der Waals surface area contributed by atoms with Gasteiger partial charge in [-0.2, -0.15) is 4.68 Å². The average Bonchev–Trinajstić information content (AvgIpc) is 3.16. The predicted molar refractivity (Wildman–Crippen MR) is 105 cm³/mol. The van der Waals surface area contributed by atoms with E-state index in [9.17, 15) is 4.79 Å². The van der Waals surface area contributed by atoms with E-state index >= 15 is 0 Å². The van der Waals surface area contributed by atoms with Crippen LogP contribution in [0.15, 0.2) is 53.7 Å². The Morgan fingerprint density at radius 3 is 2.63 bits per heavy atom. The number of methoxy groups -OCH3 is 1. The van der Waals surface area contributed by atoms with Crippen molar-refractivity contribution in [3.63, 3.8) is 0 Å². The third-order valence-corrected chi connectivity index (χ3v) is 4.91. The van der Waals surface area contributed by atoms with Crippen LogP contribution in [0.5, 0.6) is 5.75 Å². The molecular weight excluding hydrogens is 386 g/mol. The summed E-state index contributed by atoms with van der Waals surface area (Å²) in [4.78, 5) is 12.1. The first-order valence-corrected chi connectivity index (χ1v) is 9.59. The molecule has 0 aliphatic rings. The predicted octanol–water partition coefficient (Wildman–Crippen LogP) is 2.78. The van der Waals surface area contributed by atoms with Crippen LogP contribution < -0.4 is 10.1 Å². The van der Waals surface area contributed by atoms with Gasteiger partial charge in [-0.25, -0.2) is 0 Å². The van der Waals surface area contributed by atoms with E-state index in [-0.39, 0.29) is 11.7 Å². The molecule has 1 aromatic heterocycles. The summed E-state index contributed by atoms with van der Waals surface area (Å²) >= 11 is 7.14. The zero-order valence-corrected chi connectivity index (χ0v) is 16.2. The van der Waals surface area contributed by atoms with Gasteiger partial charge in [-0.15, -0.1) is 5.10 Å². The Bertz CT molecular complexity index is 884. The Morgan fingerprint density at radius 2 is 1.93 bits per heavy atom. The Kier molecular flexibility index (Phi) is 6.67. The third kappa shape index (κ3) is 5.45. The molecule has 0 saturated heterocycles. The quantitative estimate of drug-likeness (QED) is 0.582. The van der Waals surface area contributed by atoms with Crippen molar-refractivity contribution < 1.29 is 9.53 Å². The van der Waals surface area contributed by atoms with E-state index in [1.54, 1.807) is 11.8 Å². The number of hydrogen-bond acceptors (Lipinski definition) is 6. The molecule has 0 aliphatic carbocycles. The summed E-state index contributed by atoms with van der Waals surface area (Å²) in [5, 5.41) is 15.8. The molecule has 0 fully saturated rings. The van der Waals surface area contributed by atoms with Crippen LogP contribution in [0.1, 0.15) is 5.56 Å². The minimum absolute atomic E-state index is 0.0711. The fourth-order valence-corrected chi connectivity index (χ4v) is 3.18. The van der Waals surface area contributed by atoms with Crippen LogP contribution in [-0.4, -0.2) is 45.5 Å². The van der Waals surface area contributed by atoms with E-state index in [0.29, 0.717) is 16.7 Å². The van der Waals surface area contributed by atoms with E-state index in [2.05, 4.69) is 20.8 Å². The maximum absolute atomic E-state index is 12.1. The average molecular weight is 404 g/mol. The number of tetrazole rings is 1. The summed E-state index contributed by atoms with van der Waals surface area (Å²) in [5.41, 5.74) is 1.92. The summed E-state index contributed by atoms with van der Waals surface area (Å²) in [6.45, 7) is 0.560. The van der Waals surface area contributed by atoms with Crippen LogP contribution in [-0.2, 0) is 11.2 Å². The highest BCUT2D eigenvalue weighted by Crippen LogP contribution is 2.20. The molecule has 1 N–H and O–H groups in total. The lowest BCUT2D eigenvalue weighted by atomic mass is 10.1. The largest absolute Gasteiger partial charge is 0.497 e. The zero-order chi connectivity index (χ0) is 19.1. The fraction of sp³-hybridized carbons (Fsp3) is 0.222. The Balaban J connectivity index is 1.49. The molecule has 0 unspecified atom stereocenters. The highest BCUT2D eigenvalue weighted by Gasteiger charge is 2.11. The lowest BCUT2D eigenvalue weighted by molar-refractivity contribution is -0.118. The van der Waals surface area contributed by atoms with Gasteiger partial charge in [0.25, 0.3) is 0 Å². The molecule has 27 heavy (non-hydrogen) atoms. The van der Waals surface area contributed by atoms with Gasteiger partial charge >= 0.3 is 0 Å². The summed E-state index contributed by atoms with van der Waals surface area (Å²) in [6, 6.07) is 14.9. The molecular formula is C18H18ClN5O2S. The first kappa shape index (κ1) is 19.2. The minimum Gasteiger partial charge on any atom is -0.497 e. The first-order chi connectivity index (χ1) is 13.2. The van der Waals surface area contributed by atoms with Gasteiger partial charge in [0.15, 0.2) is 0 Å². The van der Waals surface area contributed by atoms with Crippen molar-refractivity contribution in [2.45, 2.75) is 11.6 Å². The van der Waals surface area contributed by atoms with Crippen LogP contribution in [0.3, 0.4) is 0 Å². The normalized spacial score (nSPS) is 10.6. The van der Waals surface area contributed by atoms with Crippen molar-refractivity contribution >= 4 is 29.3 Å². The molecule has 7 nitrogen and oxygen atoms in total. The Labute approximate surface area is 166 Å². The van der Waals surface area contributed by atoms with Crippen LogP contribution >= 0.6 is 23.4 Å². The smallest absolute Gasteiger partial charge is 0.230 e. The number of amides is 1. The van der Waals surface area contributed by atoms with Gasteiger partial charge in [0.2, 0.25) is 11.1 Å². The van der Waals surface area contributed by atoms with Crippen LogP contribution in [0.25, 0.3) is 5.69 Å². The zero-order valence-electron chi connectivity index (χ0n) is 14.6. The maximum Gasteiger partial charge on any atom is 0.230 e. The summed E-state index contributed by atoms with van der Waals surface area (Å²) in [6.07, 6.45) is 0.747. The second-order valence-electron chi connectivity index (χ2n) is 5.59. The van der Waals surface area contributed by atoms with Crippen molar-refractivity contribution in [2.24, 2.45) is 0 Å². The first-order valence-electron chi connectivity index (χ1n) is 8.22. The standard InChI is InChI=1S/C18H18ClN5O2S/c1-26-16-8-6-15(7-9-16)24-18(21-22-23-24)27-12-17(25)20-11-10-13-2-4-14(19)5-3-13/h2-9H,10-12H2,1H3,(H,20,25). The SMILES string of the molecule is COc1ccc(-n2nnnc2SCC(=O)NCCc2ccc(Cl)cc2)cc1. The van der Waals surface area contributed by atoms with Gasteiger partial charge in [0.05, 0.1) is 18.6 Å². The van der Waals surface area contributed by atoms with Gasteiger partial charge in [-0.05, 0) is 58.8 Å². The lowest BCUT2D eigenvalue weighted by Crippen LogP contribution is -2.27. The van der Waals surface area contributed by atoms with Gasteiger partial charge in [0.1, 0.15) is 5.75 Å². The molecule has 0 radical (unpaired) electrons. The summed E-state index contributed by atoms with van der Waals surface area (Å²) < 4.78 is 6.73. The molecule has 140 valence electrons. The number of halogens is 1. The molecule has 3 aromatic rings. The number of carbonyl (C=O) groups is 1. The lowest BCUT2D eigenvalue weighted by Gasteiger charge is -2.07. The van der Waals surface area contributed by atoms with Crippen LogP contribution in [0, 0.1) is 0 Å². The molecule has 2 aromatic carbocycles. The van der Waals surface area contributed by atoms with E-state index in [1.165, 1.54) is 11.8 Å². The molecule has 0 saturated carbocycles. The van der Waals surface area contributed by atoms with Crippen LogP contribution in [0.4, 0.5) is 0 Å². The number of nitrogens with one attached hydrogen (secondary N) is 1. The van der Waals surface area contributed by atoms with E-state index in [0.717, 1.165) is 23.4 Å². The highest BCUT2D eigenvalue weighted by molar-refractivity contribution is 7.99. The number of ether oxygens (including phenoxy) is 1. The maximum atomic E-state index is 12.1.